The van der Waals surface area contributed by atoms with Crippen molar-refractivity contribution in [3.63, 3.8) is 0 Å². The van der Waals surface area contributed by atoms with Gasteiger partial charge in [-0.2, -0.15) is 0 Å². The molecule has 0 fully saturated rings. The van der Waals surface area contributed by atoms with E-state index in [0.29, 0.717) is 5.69 Å². The Hall–Kier alpha value is -1.43. The first-order valence-corrected chi connectivity index (χ1v) is 4.00. The summed E-state index contributed by atoms with van der Waals surface area (Å²) in [4.78, 5) is 11.4. The molecule has 1 rings (SSSR count). The molecule has 0 aliphatic carbocycles. The van der Waals surface area contributed by atoms with Crippen molar-refractivity contribution in [2.24, 2.45) is 5.73 Å². The summed E-state index contributed by atoms with van der Waals surface area (Å²) in [5.41, 5.74) is 5.85. The molecule has 0 bridgehead atoms. The highest BCUT2D eigenvalue weighted by Crippen LogP contribution is 2.00. The molecule has 0 saturated carbocycles. The molecule has 1 amide bonds. The van der Waals surface area contributed by atoms with Crippen molar-refractivity contribution in [3.8, 4) is 0 Å². The van der Waals surface area contributed by atoms with Crippen LogP contribution in [-0.4, -0.2) is 22.6 Å². The lowest BCUT2D eigenvalue weighted by atomic mass is 10.3. The molecule has 0 aliphatic heterocycles. The van der Waals surface area contributed by atoms with Crippen molar-refractivity contribution in [1.82, 2.24) is 10.5 Å². The van der Waals surface area contributed by atoms with Crippen LogP contribution in [0.2, 0.25) is 0 Å². The minimum absolute atomic E-state index is 0.161. The third kappa shape index (κ3) is 2.83. The van der Waals surface area contributed by atoms with Gasteiger partial charge in [0.2, 0.25) is 5.76 Å². The maximum atomic E-state index is 11.2. The maximum Gasteiger partial charge on any atom is 0.290 e. The number of aryl methyl sites for hydroxylation is 1. The first-order valence-electron chi connectivity index (χ1n) is 3.59. The molecule has 1 aromatic rings. The predicted octanol–water partition coefficient (Wildman–Crippen LogP) is -0.00108. The van der Waals surface area contributed by atoms with Crippen LogP contribution in [0.25, 0.3) is 0 Å². The van der Waals surface area contributed by atoms with Crippen molar-refractivity contribution >= 4 is 23.1 Å². The Morgan fingerprint density at radius 1 is 1.85 bits per heavy atom. The number of aromatic nitrogens is 1. The number of nitrogens with two attached hydrogens (primary N) is 1. The highest BCUT2D eigenvalue weighted by molar-refractivity contribution is 7.80. The normalized spacial score (nSPS) is 9.62. The summed E-state index contributed by atoms with van der Waals surface area (Å²) in [6.45, 7) is 1.89. The van der Waals surface area contributed by atoms with Crippen LogP contribution in [0.1, 0.15) is 16.2 Å². The van der Waals surface area contributed by atoms with Crippen LogP contribution in [0.3, 0.4) is 0 Å². The zero-order valence-corrected chi connectivity index (χ0v) is 7.85. The van der Waals surface area contributed by atoms with Crippen molar-refractivity contribution < 1.29 is 9.32 Å². The van der Waals surface area contributed by atoms with E-state index in [2.05, 4.69) is 22.7 Å². The van der Waals surface area contributed by atoms with Crippen LogP contribution >= 0.6 is 12.2 Å². The van der Waals surface area contributed by atoms with Gasteiger partial charge in [-0.05, 0) is 6.92 Å². The molecule has 13 heavy (non-hydrogen) atoms. The standard InChI is InChI=1S/C7H9N3O2S/c1-4-2-5(12-10-4)7(11)9-3-6(8)13/h2H,3H2,1H3,(H2,8,13)(H,9,11). The van der Waals surface area contributed by atoms with Gasteiger partial charge in [-0.1, -0.05) is 17.4 Å². The van der Waals surface area contributed by atoms with E-state index in [1.54, 1.807) is 6.92 Å². The summed E-state index contributed by atoms with van der Waals surface area (Å²) < 4.78 is 4.71. The number of nitrogens with one attached hydrogen (secondary N) is 1. The van der Waals surface area contributed by atoms with E-state index in [1.807, 2.05) is 0 Å². The number of thiocarbonyl (C=S) groups is 1. The smallest absolute Gasteiger partial charge is 0.290 e. The van der Waals surface area contributed by atoms with Crippen LogP contribution in [0, 0.1) is 6.92 Å². The molecule has 3 N–H and O–H groups in total. The van der Waals surface area contributed by atoms with Crippen LogP contribution < -0.4 is 11.1 Å². The van der Waals surface area contributed by atoms with Gasteiger partial charge >= 0.3 is 0 Å². The van der Waals surface area contributed by atoms with Gasteiger partial charge in [0.15, 0.2) is 0 Å². The number of nitrogens with zero attached hydrogens (tertiary/aromatic N) is 1. The van der Waals surface area contributed by atoms with Gasteiger partial charge in [0, 0.05) is 6.07 Å². The Morgan fingerprint density at radius 3 is 3.00 bits per heavy atom. The summed E-state index contributed by atoms with van der Waals surface area (Å²) in [5.74, 6) is -0.206. The van der Waals surface area contributed by atoms with E-state index in [-0.39, 0.29) is 23.2 Å². The highest BCUT2D eigenvalue weighted by atomic mass is 32.1. The minimum Gasteiger partial charge on any atom is -0.392 e. The Kier molecular flexibility index (Phi) is 2.97. The number of carbonyl (C=O) groups is 1. The van der Waals surface area contributed by atoms with Crippen LogP contribution in [0.4, 0.5) is 0 Å². The summed E-state index contributed by atoms with van der Waals surface area (Å²) in [5, 5.41) is 6.04. The van der Waals surface area contributed by atoms with Crippen molar-refractivity contribution in [2.45, 2.75) is 6.92 Å². The third-order valence-electron chi connectivity index (χ3n) is 1.27. The largest absolute Gasteiger partial charge is 0.392 e. The second-order valence-corrected chi connectivity index (χ2v) is 3.01. The van der Waals surface area contributed by atoms with E-state index < -0.39 is 0 Å². The van der Waals surface area contributed by atoms with E-state index in [4.69, 9.17) is 10.3 Å². The van der Waals surface area contributed by atoms with E-state index in [1.165, 1.54) is 6.07 Å². The lowest BCUT2D eigenvalue weighted by Gasteiger charge is -1.98. The molecular formula is C7H9N3O2S. The van der Waals surface area contributed by atoms with Crippen molar-refractivity contribution in [2.75, 3.05) is 6.54 Å². The Bertz CT molecular complexity index is 334. The van der Waals surface area contributed by atoms with Crippen molar-refractivity contribution in [3.05, 3.63) is 17.5 Å². The fourth-order valence-electron chi connectivity index (χ4n) is 0.725. The summed E-state index contributed by atoms with van der Waals surface area (Å²) in [6, 6.07) is 1.54. The third-order valence-corrected chi connectivity index (χ3v) is 1.42. The first kappa shape index (κ1) is 9.66. The number of hydrogen-bond acceptors (Lipinski definition) is 4. The van der Waals surface area contributed by atoms with E-state index in [9.17, 15) is 4.79 Å². The molecule has 0 unspecified atom stereocenters. The number of hydrogen-bond donors (Lipinski definition) is 2. The van der Waals surface area contributed by atoms with Gasteiger partial charge in [0.05, 0.1) is 17.2 Å². The monoisotopic (exact) mass is 199 g/mol. The number of carbonyl (C=O) groups excluding carboxylic acids is 1. The molecule has 0 atom stereocenters. The topological polar surface area (TPSA) is 81.2 Å². The van der Waals surface area contributed by atoms with Gasteiger partial charge in [0.1, 0.15) is 0 Å². The molecule has 0 spiro atoms. The second kappa shape index (κ2) is 3.99. The van der Waals surface area contributed by atoms with Gasteiger partial charge in [-0.25, -0.2) is 0 Å². The summed E-state index contributed by atoms with van der Waals surface area (Å²) >= 11 is 4.59. The molecule has 0 aliphatic rings. The molecule has 6 heteroatoms. The lowest BCUT2D eigenvalue weighted by Crippen LogP contribution is -2.31. The van der Waals surface area contributed by atoms with Gasteiger partial charge in [0.25, 0.3) is 5.91 Å². The summed E-state index contributed by atoms with van der Waals surface area (Å²) in [6.07, 6.45) is 0. The predicted molar refractivity (Wildman–Crippen MR) is 50.4 cm³/mol. The summed E-state index contributed by atoms with van der Waals surface area (Å²) in [7, 11) is 0. The fourth-order valence-corrected chi connectivity index (χ4v) is 0.797. The Balaban J connectivity index is 2.54. The number of amides is 1. The van der Waals surface area contributed by atoms with E-state index >= 15 is 0 Å². The molecule has 1 aromatic heterocycles. The van der Waals surface area contributed by atoms with E-state index in [0.717, 1.165) is 0 Å². The highest BCUT2D eigenvalue weighted by Gasteiger charge is 2.10. The fraction of sp³-hybridized carbons (Fsp3) is 0.286. The lowest BCUT2D eigenvalue weighted by molar-refractivity contribution is 0.0922. The molecule has 70 valence electrons. The average molecular weight is 199 g/mol. The molecular weight excluding hydrogens is 190 g/mol. The first-order chi connectivity index (χ1) is 6.09. The molecule has 5 nitrogen and oxygen atoms in total. The van der Waals surface area contributed by atoms with Crippen LogP contribution in [0.15, 0.2) is 10.6 Å². The molecule has 0 aromatic carbocycles. The Labute approximate surface area is 80.3 Å². The zero-order chi connectivity index (χ0) is 9.84. The zero-order valence-electron chi connectivity index (χ0n) is 7.03. The molecule has 0 radical (unpaired) electrons. The Morgan fingerprint density at radius 2 is 2.54 bits per heavy atom. The van der Waals surface area contributed by atoms with Gasteiger partial charge in [-0.3, -0.25) is 4.79 Å². The minimum atomic E-state index is -0.367. The number of rotatable bonds is 3. The van der Waals surface area contributed by atoms with Gasteiger partial charge < -0.3 is 15.6 Å². The van der Waals surface area contributed by atoms with Crippen LogP contribution in [0.5, 0.6) is 0 Å². The molecule has 1 heterocycles. The SMILES string of the molecule is Cc1cc(C(=O)NCC(N)=S)on1. The van der Waals surface area contributed by atoms with Crippen LogP contribution in [-0.2, 0) is 0 Å². The van der Waals surface area contributed by atoms with Gasteiger partial charge in [-0.15, -0.1) is 0 Å². The second-order valence-electron chi connectivity index (χ2n) is 2.48. The molecule has 0 saturated heterocycles. The average Bonchev–Trinajstić information content (AvgIpc) is 2.47. The quantitative estimate of drug-likeness (QED) is 0.670. The van der Waals surface area contributed by atoms with Crippen molar-refractivity contribution in [1.29, 1.82) is 0 Å². The maximum absolute atomic E-state index is 11.2.